The molecule has 0 saturated carbocycles. The minimum Gasteiger partial charge on any atom is -0.480 e. The van der Waals surface area contributed by atoms with E-state index in [1.54, 1.807) is 0 Å². The molecule has 9 atom stereocenters. The number of amides is 2. The van der Waals surface area contributed by atoms with Gasteiger partial charge in [-0.3, -0.25) is 34.0 Å². The molecule has 1 fully saturated rings. The van der Waals surface area contributed by atoms with Crippen LogP contribution in [0.3, 0.4) is 0 Å². The highest BCUT2D eigenvalue weighted by Crippen LogP contribution is 2.29. The molecule has 1 saturated heterocycles. The lowest BCUT2D eigenvalue weighted by Gasteiger charge is -2.44. The van der Waals surface area contributed by atoms with E-state index in [4.69, 9.17) is 33.3 Å². The Labute approximate surface area is 607 Å². The van der Waals surface area contributed by atoms with E-state index in [9.17, 15) is 49.0 Å². The lowest BCUT2D eigenvalue weighted by molar-refractivity contribution is -0.362. The summed E-state index contributed by atoms with van der Waals surface area (Å²) in [6, 6.07) is -3.30. The van der Waals surface area contributed by atoms with Crippen molar-refractivity contribution in [2.24, 2.45) is 0 Å². The van der Waals surface area contributed by atoms with Gasteiger partial charge in [0.25, 0.3) is 0 Å². The summed E-state index contributed by atoms with van der Waals surface area (Å²) >= 11 is 0. The Bertz CT molecular complexity index is 2000. The average Bonchev–Trinajstić information content (AvgIpc) is 0.789. The molecule has 100 heavy (non-hydrogen) atoms. The van der Waals surface area contributed by atoms with Crippen LogP contribution in [0, 0.1) is 0 Å². The van der Waals surface area contributed by atoms with Crippen molar-refractivity contribution < 1.29 is 82.3 Å². The summed E-state index contributed by atoms with van der Waals surface area (Å²) in [4.78, 5) is 102. The van der Waals surface area contributed by atoms with Gasteiger partial charge in [-0.1, -0.05) is 311 Å². The average molecular weight is 1420 g/mol. The Morgan fingerprint density at radius 2 is 0.680 bits per heavy atom. The standard InChI is InChI=1S/C81H150N2O17/c1-7-13-19-25-31-34-40-43-49-55-66(95-73(87)58-52-46-37-28-22-16-10-4)61-71(85)82-69(80(91)92)65-94-81-77(83-72(86)62-67(56-50-44-41-35-32-26-20-14-8-2)96-74(88)59-53-47-38-29-23-17-11-5)79(78(100-93)70(64-84)98-81)99-76(90)63-68(57-51-45-42-36-33-27-21-15-9-3)97-75(89)60-54-48-39-30-24-18-12-6/h66-70,77-79,81,84,93H,7-65H2,1-6H3,(H,82,85)(H,83,86)(H,91,92). The molecule has 19 nitrogen and oxygen atoms in total. The highest BCUT2D eigenvalue weighted by molar-refractivity contribution is 5.84. The van der Waals surface area contributed by atoms with Gasteiger partial charge < -0.3 is 49.3 Å². The van der Waals surface area contributed by atoms with Gasteiger partial charge in [0.05, 0.1) is 32.5 Å². The van der Waals surface area contributed by atoms with E-state index in [1.165, 1.54) is 96.3 Å². The van der Waals surface area contributed by atoms with E-state index in [0.29, 0.717) is 57.8 Å². The largest absolute Gasteiger partial charge is 0.480 e. The lowest BCUT2D eigenvalue weighted by atomic mass is 9.95. The number of aliphatic carboxylic acids is 1. The van der Waals surface area contributed by atoms with Crippen LogP contribution < -0.4 is 10.6 Å². The van der Waals surface area contributed by atoms with E-state index in [1.807, 2.05) is 0 Å². The Balaban J connectivity index is 3.71. The van der Waals surface area contributed by atoms with Crippen LogP contribution in [0.4, 0.5) is 0 Å². The van der Waals surface area contributed by atoms with Crippen molar-refractivity contribution in [1.29, 1.82) is 0 Å². The van der Waals surface area contributed by atoms with E-state index in [-0.39, 0.29) is 32.1 Å². The zero-order valence-electron chi connectivity index (χ0n) is 64.5. The van der Waals surface area contributed by atoms with Gasteiger partial charge in [-0.05, 0) is 57.8 Å². The Hall–Kier alpha value is -3.91. The Morgan fingerprint density at radius 1 is 0.380 bits per heavy atom. The van der Waals surface area contributed by atoms with Crippen molar-refractivity contribution in [2.75, 3.05) is 13.2 Å². The topological polar surface area (TPSA) is 269 Å². The molecule has 0 aromatic rings. The van der Waals surface area contributed by atoms with Crippen molar-refractivity contribution in [3.8, 4) is 0 Å². The molecular weight excluding hydrogens is 1270 g/mol. The first kappa shape index (κ1) is 94.1. The van der Waals surface area contributed by atoms with Crippen LogP contribution in [0.25, 0.3) is 0 Å². The summed E-state index contributed by atoms with van der Waals surface area (Å²) in [6.07, 6.45) is 41.5. The molecule has 9 unspecified atom stereocenters. The number of carboxylic acids is 1. The van der Waals surface area contributed by atoms with E-state index < -0.39 is 116 Å². The number of ether oxygens (including phenoxy) is 6. The number of hydrogen-bond donors (Lipinski definition) is 5. The predicted octanol–water partition coefficient (Wildman–Crippen LogP) is 19.6. The number of esters is 4. The van der Waals surface area contributed by atoms with Crippen LogP contribution in [-0.4, -0.2) is 125 Å². The number of aliphatic hydroxyl groups is 1. The lowest BCUT2D eigenvalue weighted by Crippen LogP contribution is -2.66. The van der Waals surface area contributed by atoms with E-state index >= 15 is 0 Å². The third-order valence-electron chi connectivity index (χ3n) is 19.6. The van der Waals surface area contributed by atoms with Crippen molar-refractivity contribution in [3.63, 3.8) is 0 Å². The fourth-order valence-electron chi connectivity index (χ4n) is 13.3. The number of carbonyl (C=O) groups excluding carboxylic acids is 6. The maximum absolute atomic E-state index is 14.7. The second kappa shape index (κ2) is 67.0. The maximum atomic E-state index is 14.7. The highest BCUT2D eigenvalue weighted by Gasteiger charge is 2.51. The summed E-state index contributed by atoms with van der Waals surface area (Å²) in [6.45, 7) is 11.5. The van der Waals surface area contributed by atoms with Gasteiger partial charge in [-0.15, -0.1) is 0 Å². The minimum absolute atomic E-state index is 0.182. The Morgan fingerprint density at radius 3 is 0.990 bits per heavy atom. The summed E-state index contributed by atoms with van der Waals surface area (Å²) in [5.41, 5.74) is 0. The van der Waals surface area contributed by atoms with Gasteiger partial charge in [0, 0.05) is 19.3 Å². The van der Waals surface area contributed by atoms with E-state index in [2.05, 4.69) is 52.2 Å². The maximum Gasteiger partial charge on any atom is 0.328 e. The number of hydrogen-bond acceptors (Lipinski definition) is 16. The van der Waals surface area contributed by atoms with Crippen molar-refractivity contribution >= 4 is 41.7 Å². The van der Waals surface area contributed by atoms with Crippen LogP contribution in [-0.2, 0) is 66.9 Å². The normalized spacial score (nSPS) is 17.3. The second-order valence-corrected chi connectivity index (χ2v) is 29.0. The molecule has 0 aromatic carbocycles. The summed E-state index contributed by atoms with van der Waals surface area (Å²) in [7, 11) is 0. The third-order valence-corrected chi connectivity index (χ3v) is 19.6. The molecule has 0 spiro atoms. The first-order valence-electron chi connectivity index (χ1n) is 41.5. The summed E-state index contributed by atoms with van der Waals surface area (Å²) in [5, 5.41) is 37.6. The van der Waals surface area contributed by atoms with Crippen molar-refractivity contribution in [1.82, 2.24) is 10.6 Å². The second-order valence-electron chi connectivity index (χ2n) is 29.0. The third kappa shape index (κ3) is 52.1. The number of carbonyl (C=O) groups is 7. The van der Waals surface area contributed by atoms with Crippen LogP contribution >= 0.6 is 0 Å². The van der Waals surface area contributed by atoms with E-state index in [0.717, 1.165) is 173 Å². The molecule has 1 rings (SSSR count). The summed E-state index contributed by atoms with van der Waals surface area (Å²) < 4.78 is 36.7. The van der Waals surface area contributed by atoms with Crippen molar-refractivity contribution in [3.05, 3.63) is 0 Å². The molecule has 5 N–H and O–H groups in total. The molecule has 1 aliphatic heterocycles. The van der Waals surface area contributed by atoms with Gasteiger partial charge >= 0.3 is 29.8 Å². The zero-order valence-corrected chi connectivity index (χ0v) is 64.5. The smallest absolute Gasteiger partial charge is 0.328 e. The van der Waals surface area contributed by atoms with Crippen molar-refractivity contribution in [2.45, 2.75) is 463 Å². The number of aliphatic hydroxyl groups excluding tert-OH is 1. The molecule has 0 bridgehead atoms. The number of rotatable bonds is 72. The molecule has 19 heteroatoms. The molecule has 0 aliphatic carbocycles. The Kier molecular flexibility index (Phi) is 63.0. The first-order chi connectivity index (χ1) is 48.7. The van der Waals surface area contributed by atoms with Gasteiger partial charge in [0.1, 0.15) is 30.5 Å². The fourth-order valence-corrected chi connectivity index (χ4v) is 13.3. The fraction of sp³-hybridized carbons (Fsp3) is 0.914. The van der Waals surface area contributed by atoms with Crippen LogP contribution in [0.2, 0.25) is 0 Å². The van der Waals surface area contributed by atoms with Crippen LogP contribution in [0.5, 0.6) is 0 Å². The SMILES string of the molecule is CCCCCCCCCCCC(CC(=O)NC(COC1OC(CO)C(OO)C(OC(=O)CC(CCCCCCCCCCC)OC(=O)CCCCCCCCC)C1NC(=O)CC(CCCCCCCCCCC)OC(=O)CCCCCCCCC)C(=O)O)OC(=O)CCCCCCCCC. The monoisotopic (exact) mass is 1420 g/mol. The number of nitrogens with one attached hydrogen (secondary N) is 2. The quantitative estimate of drug-likeness (QED) is 0.0124. The zero-order chi connectivity index (χ0) is 73.3. The molecule has 0 aromatic heterocycles. The minimum atomic E-state index is -1.72. The predicted molar refractivity (Wildman–Crippen MR) is 397 cm³/mol. The van der Waals surface area contributed by atoms with Gasteiger partial charge in [-0.25, -0.2) is 9.68 Å². The van der Waals surface area contributed by atoms with Gasteiger partial charge in [0.15, 0.2) is 24.5 Å². The number of unbranched alkanes of at least 4 members (excludes halogenated alkanes) is 42. The number of carboxylic acid groups (broad SMARTS) is 1. The molecule has 2 amide bonds. The highest BCUT2D eigenvalue weighted by atomic mass is 17.1. The molecule has 586 valence electrons. The van der Waals surface area contributed by atoms with Crippen LogP contribution in [0.15, 0.2) is 0 Å². The molecule has 1 aliphatic rings. The molecular formula is C81H150N2O17. The molecule has 0 radical (unpaired) electrons. The van der Waals surface area contributed by atoms with Gasteiger partial charge in [0.2, 0.25) is 11.8 Å². The molecule has 1 heterocycles. The van der Waals surface area contributed by atoms with Gasteiger partial charge in [-0.2, -0.15) is 0 Å². The van der Waals surface area contributed by atoms with Crippen LogP contribution in [0.1, 0.15) is 408 Å². The first-order valence-corrected chi connectivity index (χ1v) is 41.5. The summed E-state index contributed by atoms with van der Waals surface area (Å²) in [5.74, 6) is -5.02.